The summed E-state index contributed by atoms with van der Waals surface area (Å²) in [6.07, 6.45) is 0. The number of benzene rings is 1. The first-order valence-corrected chi connectivity index (χ1v) is 5.07. The van der Waals surface area contributed by atoms with E-state index in [2.05, 4.69) is 5.10 Å². The summed E-state index contributed by atoms with van der Waals surface area (Å²) < 4.78 is 27.8. The normalized spacial score (nSPS) is 13.3. The van der Waals surface area contributed by atoms with Gasteiger partial charge in [0.2, 0.25) is 0 Å². The molecule has 0 aliphatic rings. The Morgan fingerprint density at radius 3 is 2.62 bits per heavy atom. The average Bonchev–Trinajstić information content (AvgIpc) is 2.44. The van der Waals surface area contributed by atoms with Crippen LogP contribution in [0.2, 0.25) is 0 Å². The van der Waals surface area contributed by atoms with Crippen LogP contribution in [-0.2, 0) is 6.54 Å². The Hall–Kier alpha value is -1.49. The largest absolute Gasteiger partial charge is 0.326 e. The summed E-state index contributed by atoms with van der Waals surface area (Å²) in [7, 11) is 0. The number of nitrogens with zero attached hydrogens (tertiary/aromatic N) is 2. The Balaban J connectivity index is 2.64. The number of nitrogens with two attached hydrogens (primary N) is 1. The second-order valence-electron chi connectivity index (χ2n) is 4.03. The smallest absolute Gasteiger partial charge is 0.161 e. The Labute approximate surface area is 91.9 Å². The third-order valence-corrected chi connectivity index (χ3v) is 2.44. The molecule has 0 fully saturated rings. The predicted molar refractivity (Wildman–Crippen MR) is 58.0 cm³/mol. The maximum atomic E-state index is 13.1. The van der Waals surface area contributed by atoms with Gasteiger partial charge in [-0.15, -0.1) is 0 Å². The number of fused-ring (bicyclic) bond motifs is 1. The van der Waals surface area contributed by atoms with E-state index in [0.717, 1.165) is 6.07 Å². The van der Waals surface area contributed by atoms with Crippen LogP contribution in [-0.4, -0.2) is 15.8 Å². The molecule has 0 aliphatic heterocycles. The highest BCUT2D eigenvalue weighted by molar-refractivity contribution is 5.82. The van der Waals surface area contributed by atoms with E-state index in [1.165, 1.54) is 6.07 Å². The molecule has 86 valence electrons. The van der Waals surface area contributed by atoms with Crippen molar-refractivity contribution < 1.29 is 8.78 Å². The van der Waals surface area contributed by atoms with Crippen molar-refractivity contribution in [1.29, 1.82) is 0 Å². The molecule has 2 rings (SSSR count). The van der Waals surface area contributed by atoms with Crippen molar-refractivity contribution in [3.63, 3.8) is 0 Å². The number of hydrogen-bond acceptors (Lipinski definition) is 2. The lowest BCUT2D eigenvalue weighted by molar-refractivity contribution is 0.508. The molecular formula is C11H13F2N3. The fraction of sp³-hybridized carbons (Fsp3) is 0.364. The van der Waals surface area contributed by atoms with Gasteiger partial charge in [-0.3, -0.25) is 4.68 Å². The highest BCUT2D eigenvalue weighted by Crippen LogP contribution is 2.21. The first-order valence-electron chi connectivity index (χ1n) is 5.07. The van der Waals surface area contributed by atoms with Crippen molar-refractivity contribution in [1.82, 2.24) is 9.78 Å². The summed E-state index contributed by atoms with van der Waals surface area (Å²) in [6.45, 7) is 4.08. The molecule has 1 aromatic heterocycles. The third-order valence-electron chi connectivity index (χ3n) is 2.44. The highest BCUT2D eigenvalue weighted by Gasteiger charge is 2.12. The molecule has 1 heterocycles. The SMILES string of the molecule is Cc1nn(C[C@@H](C)N)c2cc(F)c(F)cc12. The fourth-order valence-electron chi connectivity index (χ4n) is 1.74. The van der Waals surface area contributed by atoms with Crippen LogP contribution in [0.4, 0.5) is 8.78 Å². The van der Waals surface area contributed by atoms with Gasteiger partial charge >= 0.3 is 0 Å². The van der Waals surface area contributed by atoms with Gasteiger partial charge in [-0.05, 0) is 19.9 Å². The predicted octanol–water partition coefficient (Wildman–Crippen LogP) is 1.97. The lowest BCUT2D eigenvalue weighted by atomic mass is 10.2. The number of hydrogen-bond donors (Lipinski definition) is 1. The molecule has 5 heteroatoms. The van der Waals surface area contributed by atoms with E-state index in [1.807, 2.05) is 6.92 Å². The minimum atomic E-state index is -0.863. The third kappa shape index (κ3) is 1.78. The number of aryl methyl sites for hydroxylation is 1. The summed E-state index contributed by atoms with van der Waals surface area (Å²) >= 11 is 0. The maximum absolute atomic E-state index is 13.1. The molecule has 3 nitrogen and oxygen atoms in total. The van der Waals surface area contributed by atoms with Crippen LogP contribution >= 0.6 is 0 Å². The van der Waals surface area contributed by atoms with E-state index in [1.54, 1.807) is 11.6 Å². The highest BCUT2D eigenvalue weighted by atomic mass is 19.2. The average molecular weight is 225 g/mol. The molecule has 0 spiro atoms. The van der Waals surface area contributed by atoms with Gasteiger partial charge in [0.05, 0.1) is 17.8 Å². The summed E-state index contributed by atoms with van der Waals surface area (Å²) in [5.74, 6) is -1.71. The molecule has 16 heavy (non-hydrogen) atoms. The summed E-state index contributed by atoms with van der Waals surface area (Å²) in [5.41, 5.74) is 6.92. The lowest BCUT2D eigenvalue weighted by Crippen LogP contribution is -2.22. The molecule has 0 unspecified atom stereocenters. The first kappa shape index (κ1) is 11.0. The van der Waals surface area contributed by atoms with Crippen molar-refractivity contribution in [2.45, 2.75) is 26.4 Å². The van der Waals surface area contributed by atoms with Crippen molar-refractivity contribution >= 4 is 10.9 Å². The molecule has 2 N–H and O–H groups in total. The molecule has 0 saturated heterocycles. The van der Waals surface area contributed by atoms with Gasteiger partial charge in [0.15, 0.2) is 11.6 Å². The Morgan fingerprint density at radius 2 is 2.00 bits per heavy atom. The molecule has 0 radical (unpaired) electrons. The zero-order valence-corrected chi connectivity index (χ0v) is 9.17. The number of halogens is 2. The van der Waals surface area contributed by atoms with Crippen LogP contribution in [0, 0.1) is 18.6 Å². The van der Waals surface area contributed by atoms with Crippen molar-refractivity contribution in [3.05, 3.63) is 29.5 Å². The molecule has 1 atom stereocenters. The van der Waals surface area contributed by atoms with Crippen LogP contribution in [0.1, 0.15) is 12.6 Å². The van der Waals surface area contributed by atoms with E-state index >= 15 is 0 Å². The fourth-order valence-corrected chi connectivity index (χ4v) is 1.74. The summed E-state index contributed by atoms with van der Waals surface area (Å²) in [5, 5.41) is 4.84. The topological polar surface area (TPSA) is 43.8 Å². The Kier molecular flexibility index (Phi) is 2.63. The summed E-state index contributed by atoms with van der Waals surface area (Å²) in [4.78, 5) is 0. The molecule has 2 aromatic rings. The second-order valence-corrected chi connectivity index (χ2v) is 4.03. The van der Waals surface area contributed by atoms with E-state index < -0.39 is 11.6 Å². The van der Waals surface area contributed by atoms with Crippen LogP contribution in [0.3, 0.4) is 0 Å². The molecule has 0 amide bonds. The van der Waals surface area contributed by atoms with E-state index in [9.17, 15) is 8.78 Å². The Morgan fingerprint density at radius 1 is 1.38 bits per heavy atom. The van der Waals surface area contributed by atoms with Gasteiger partial charge in [0, 0.05) is 17.5 Å². The molecule has 1 aromatic carbocycles. The number of rotatable bonds is 2. The molecule has 0 saturated carbocycles. The van der Waals surface area contributed by atoms with Crippen LogP contribution in [0.25, 0.3) is 10.9 Å². The zero-order chi connectivity index (χ0) is 11.9. The number of aromatic nitrogens is 2. The molecule has 0 aliphatic carbocycles. The molecular weight excluding hydrogens is 212 g/mol. The van der Waals surface area contributed by atoms with E-state index in [-0.39, 0.29) is 6.04 Å². The van der Waals surface area contributed by atoms with Gasteiger partial charge in [0.25, 0.3) is 0 Å². The monoisotopic (exact) mass is 225 g/mol. The summed E-state index contributed by atoms with van der Waals surface area (Å²) in [6, 6.07) is 2.24. The van der Waals surface area contributed by atoms with E-state index in [4.69, 9.17) is 5.73 Å². The minimum absolute atomic E-state index is 0.0874. The Bertz CT molecular complexity index is 531. The van der Waals surface area contributed by atoms with Gasteiger partial charge in [0.1, 0.15) is 0 Å². The van der Waals surface area contributed by atoms with Gasteiger partial charge < -0.3 is 5.73 Å². The van der Waals surface area contributed by atoms with Crippen molar-refractivity contribution in [3.8, 4) is 0 Å². The quantitative estimate of drug-likeness (QED) is 0.849. The minimum Gasteiger partial charge on any atom is -0.326 e. The van der Waals surface area contributed by atoms with Gasteiger partial charge in [-0.1, -0.05) is 0 Å². The lowest BCUT2D eigenvalue weighted by Gasteiger charge is -2.06. The van der Waals surface area contributed by atoms with Gasteiger partial charge in [-0.2, -0.15) is 5.10 Å². The van der Waals surface area contributed by atoms with Crippen LogP contribution in [0.15, 0.2) is 12.1 Å². The van der Waals surface area contributed by atoms with Gasteiger partial charge in [-0.25, -0.2) is 8.78 Å². The zero-order valence-electron chi connectivity index (χ0n) is 9.17. The van der Waals surface area contributed by atoms with Crippen molar-refractivity contribution in [2.24, 2.45) is 5.73 Å². The standard InChI is InChI=1S/C11H13F2N3/c1-6(14)5-16-11-4-10(13)9(12)3-8(11)7(2)15-16/h3-4,6H,5,14H2,1-2H3/t6-/m1/s1. The second kappa shape index (κ2) is 3.83. The first-order chi connectivity index (χ1) is 7.49. The van der Waals surface area contributed by atoms with E-state index in [0.29, 0.717) is 23.1 Å². The van der Waals surface area contributed by atoms with Crippen LogP contribution in [0.5, 0.6) is 0 Å². The maximum Gasteiger partial charge on any atom is 0.161 e. The van der Waals surface area contributed by atoms with Crippen molar-refractivity contribution in [2.75, 3.05) is 0 Å². The molecule has 0 bridgehead atoms. The van der Waals surface area contributed by atoms with Crippen LogP contribution < -0.4 is 5.73 Å².